The van der Waals surface area contributed by atoms with Crippen molar-refractivity contribution in [2.45, 2.75) is 38.0 Å². The number of benzene rings is 1. The van der Waals surface area contributed by atoms with Crippen molar-refractivity contribution in [3.8, 4) is 0 Å². The molecule has 1 aromatic carbocycles. The molecular formula is C19H29N3O4S. The number of amides is 1. The molecule has 1 amide bonds. The van der Waals surface area contributed by atoms with E-state index in [1.54, 1.807) is 12.1 Å². The van der Waals surface area contributed by atoms with Gasteiger partial charge in [0, 0.05) is 32.6 Å². The summed E-state index contributed by atoms with van der Waals surface area (Å²) in [7, 11) is -3.60. The SMILES string of the molecule is CC(C)CC(=O)Nc1cc(S(=O)(=O)N2CCOCC2)ccc1N1CCCC1. The number of rotatable bonds is 6. The second-order valence-corrected chi connectivity index (χ2v) is 9.47. The summed E-state index contributed by atoms with van der Waals surface area (Å²) >= 11 is 0. The summed E-state index contributed by atoms with van der Waals surface area (Å²) in [6.07, 6.45) is 2.61. The molecule has 150 valence electrons. The molecule has 0 spiro atoms. The highest BCUT2D eigenvalue weighted by atomic mass is 32.2. The van der Waals surface area contributed by atoms with Gasteiger partial charge in [-0.1, -0.05) is 13.8 Å². The molecule has 0 atom stereocenters. The number of morpholine rings is 1. The van der Waals surface area contributed by atoms with Crippen LogP contribution < -0.4 is 10.2 Å². The summed E-state index contributed by atoms with van der Waals surface area (Å²) in [5.74, 6) is 0.145. The molecule has 0 unspecified atom stereocenters. The Morgan fingerprint density at radius 1 is 1.15 bits per heavy atom. The van der Waals surface area contributed by atoms with Crippen LogP contribution in [0.1, 0.15) is 33.1 Å². The van der Waals surface area contributed by atoms with Crippen LogP contribution in [-0.4, -0.2) is 58.0 Å². The molecule has 0 radical (unpaired) electrons. The molecule has 2 heterocycles. The van der Waals surface area contributed by atoms with Crippen molar-refractivity contribution in [2.75, 3.05) is 49.6 Å². The van der Waals surface area contributed by atoms with Gasteiger partial charge in [0.05, 0.1) is 29.5 Å². The molecule has 2 saturated heterocycles. The number of carbonyl (C=O) groups excluding carboxylic acids is 1. The van der Waals surface area contributed by atoms with Crippen molar-refractivity contribution in [3.63, 3.8) is 0 Å². The average molecular weight is 396 g/mol. The molecule has 0 aromatic heterocycles. The third-order valence-electron chi connectivity index (χ3n) is 4.89. The summed E-state index contributed by atoms with van der Waals surface area (Å²) in [5.41, 5.74) is 1.47. The Balaban J connectivity index is 1.91. The van der Waals surface area contributed by atoms with Crippen molar-refractivity contribution in [1.82, 2.24) is 4.31 Å². The van der Waals surface area contributed by atoms with Gasteiger partial charge in [-0.25, -0.2) is 8.42 Å². The summed E-state index contributed by atoms with van der Waals surface area (Å²) in [4.78, 5) is 14.8. The van der Waals surface area contributed by atoms with E-state index in [-0.39, 0.29) is 16.7 Å². The Bertz CT molecular complexity index is 767. The molecule has 0 bridgehead atoms. The van der Waals surface area contributed by atoms with Gasteiger partial charge < -0.3 is 15.0 Å². The Hall–Kier alpha value is -1.64. The zero-order chi connectivity index (χ0) is 19.4. The van der Waals surface area contributed by atoms with E-state index in [4.69, 9.17) is 4.74 Å². The van der Waals surface area contributed by atoms with E-state index in [0.717, 1.165) is 31.6 Å². The minimum atomic E-state index is -3.60. The lowest BCUT2D eigenvalue weighted by molar-refractivity contribution is -0.116. The maximum Gasteiger partial charge on any atom is 0.243 e. The summed E-state index contributed by atoms with van der Waals surface area (Å²) < 4.78 is 32.7. The highest BCUT2D eigenvalue weighted by Gasteiger charge is 2.28. The summed E-state index contributed by atoms with van der Waals surface area (Å²) in [5, 5.41) is 2.95. The van der Waals surface area contributed by atoms with Gasteiger partial charge in [-0.05, 0) is 37.0 Å². The molecule has 2 fully saturated rings. The van der Waals surface area contributed by atoms with Gasteiger partial charge in [0.1, 0.15) is 0 Å². The van der Waals surface area contributed by atoms with Crippen LogP contribution in [0, 0.1) is 5.92 Å². The van der Waals surface area contributed by atoms with Gasteiger partial charge in [-0.3, -0.25) is 4.79 Å². The van der Waals surface area contributed by atoms with Gasteiger partial charge in [0.25, 0.3) is 0 Å². The normalized spacial score (nSPS) is 18.9. The zero-order valence-electron chi connectivity index (χ0n) is 16.1. The van der Waals surface area contributed by atoms with Crippen LogP contribution in [0.15, 0.2) is 23.1 Å². The number of hydrogen-bond acceptors (Lipinski definition) is 5. The molecule has 8 heteroatoms. The first-order valence-electron chi connectivity index (χ1n) is 9.64. The Morgan fingerprint density at radius 3 is 2.44 bits per heavy atom. The predicted octanol–water partition coefficient (Wildman–Crippen LogP) is 2.29. The van der Waals surface area contributed by atoms with Crippen LogP contribution in [0.25, 0.3) is 0 Å². The van der Waals surface area contributed by atoms with Crippen LogP contribution in [0.3, 0.4) is 0 Å². The van der Waals surface area contributed by atoms with Crippen LogP contribution >= 0.6 is 0 Å². The van der Waals surface area contributed by atoms with E-state index < -0.39 is 10.0 Å². The Labute approximate surface area is 161 Å². The number of ether oxygens (including phenoxy) is 1. The van der Waals surface area contributed by atoms with Crippen molar-refractivity contribution >= 4 is 27.3 Å². The minimum absolute atomic E-state index is 0.0913. The number of nitrogens with one attached hydrogen (secondary N) is 1. The first-order valence-corrected chi connectivity index (χ1v) is 11.1. The van der Waals surface area contributed by atoms with Crippen molar-refractivity contribution in [2.24, 2.45) is 5.92 Å². The number of nitrogens with zero attached hydrogens (tertiary/aromatic N) is 2. The smallest absolute Gasteiger partial charge is 0.243 e. The van der Waals surface area contributed by atoms with Gasteiger partial charge in [0.2, 0.25) is 15.9 Å². The van der Waals surface area contributed by atoms with E-state index in [1.165, 1.54) is 4.31 Å². The van der Waals surface area contributed by atoms with Crippen molar-refractivity contribution in [1.29, 1.82) is 0 Å². The Kier molecular flexibility index (Phi) is 6.39. The molecule has 1 N–H and O–H groups in total. The van der Waals surface area contributed by atoms with Crippen LogP contribution in [0.5, 0.6) is 0 Å². The number of hydrogen-bond donors (Lipinski definition) is 1. The lowest BCUT2D eigenvalue weighted by Gasteiger charge is -2.27. The first kappa shape index (κ1) is 20.1. The highest BCUT2D eigenvalue weighted by Crippen LogP contribution is 2.32. The fourth-order valence-electron chi connectivity index (χ4n) is 3.52. The molecular weight excluding hydrogens is 366 g/mol. The monoisotopic (exact) mass is 395 g/mol. The van der Waals surface area contributed by atoms with E-state index in [0.29, 0.717) is 38.4 Å². The quantitative estimate of drug-likeness (QED) is 0.800. The fraction of sp³-hybridized carbons (Fsp3) is 0.632. The number of sulfonamides is 1. The van der Waals surface area contributed by atoms with Crippen molar-refractivity contribution in [3.05, 3.63) is 18.2 Å². The summed E-state index contributed by atoms with van der Waals surface area (Å²) in [6.45, 7) is 7.33. The highest BCUT2D eigenvalue weighted by molar-refractivity contribution is 7.89. The molecule has 0 aliphatic carbocycles. The lowest BCUT2D eigenvalue weighted by Crippen LogP contribution is -2.40. The molecule has 2 aliphatic rings. The minimum Gasteiger partial charge on any atom is -0.379 e. The van der Waals surface area contributed by atoms with E-state index in [9.17, 15) is 13.2 Å². The summed E-state index contributed by atoms with van der Waals surface area (Å²) in [6, 6.07) is 5.08. The van der Waals surface area contributed by atoms with Gasteiger partial charge in [0.15, 0.2) is 0 Å². The first-order chi connectivity index (χ1) is 12.9. The van der Waals surface area contributed by atoms with Crippen LogP contribution in [0.2, 0.25) is 0 Å². The lowest BCUT2D eigenvalue weighted by atomic mass is 10.1. The maximum absolute atomic E-state index is 13.0. The van der Waals surface area contributed by atoms with E-state index in [1.807, 2.05) is 19.9 Å². The second kappa shape index (κ2) is 8.58. The molecule has 0 saturated carbocycles. The van der Waals surface area contributed by atoms with Gasteiger partial charge >= 0.3 is 0 Å². The predicted molar refractivity (Wildman–Crippen MR) is 106 cm³/mol. The molecule has 27 heavy (non-hydrogen) atoms. The topological polar surface area (TPSA) is 79.0 Å². The average Bonchev–Trinajstić information content (AvgIpc) is 3.16. The van der Waals surface area contributed by atoms with E-state index >= 15 is 0 Å². The molecule has 7 nitrogen and oxygen atoms in total. The second-order valence-electron chi connectivity index (χ2n) is 7.54. The Morgan fingerprint density at radius 2 is 1.81 bits per heavy atom. The number of carbonyl (C=O) groups is 1. The van der Waals surface area contributed by atoms with Crippen LogP contribution in [-0.2, 0) is 19.6 Å². The van der Waals surface area contributed by atoms with Crippen LogP contribution in [0.4, 0.5) is 11.4 Å². The van der Waals surface area contributed by atoms with Crippen molar-refractivity contribution < 1.29 is 17.9 Å². The molecule has 2 aliphatic heterocycles. The van der Waals surface area contributed by atoms with Gasteiger partial charge in [-0.15, -0.1) is 0 Å². The third-order valence-corrected chi connectivity index (χ3v) is 6.78. The third kappa shape index (κ3) is 4.80. The largest absolute Gasteiger partial charge is 0.379 e. The zero-order valence-corrected chi connectivity index (χ0v) is 16.9. The number of anilines is 2. The molecule has 3 rings (SSSR count). The maximum atomic E-state index is 13.0. The standard InChI is InChI=1S/C19H29N3O4S/c1-15(2)13-19(23)20-17-14-16(5-6-18(17)21-7-3-4-8-21)27(24,25)22-9-11-26-12-10-22/h5-6,14-15H,3-4,7-13H2,1-2H3,(H,20,23). The van der Waals surface area contributed by atoms with E-state index in [2.05, 4.69) is 10.2 Å². The fourth-order valence-corrected chi connectivity index (χ4v) is 4.95. The molecule has 1 aromatic rings. The van der Waals surface area contributed by atoms with Gasteiger partial charge in [-0.2, -0.15) is 4.31 Å².